The minimum atomic E-state index is -4.35. The molecular weight excluding hydrogens is 271 g/mol. The third-order valence-electron chi connectivity index (χ3n) is 3.07. The minimum Gasteiger partial charge on any atom is -0.382 e. The minimum absolute atomic E-state index is 0.194. The Kier molecular flexibility index (Phi) is 6.45. The SMILES string of the molecule is COCC(CNC(C)c1ccccc1C(F)(F)F)OC. The molecule has 20 heavy (non-hydrogen) atoms. The van der Waals surface area contributed by atoms with Crippen molar-refractivity contribution in [2.24, 2.45) is 0 Å². The third-order valence-corrected chi connectivity index (χ3v) is 3.07. The van der Waals surface area contributed by atoms with Gasteiger partial charge in [-0.25, -0.2) is 0 Å². The molecule has 1 rings (SSSR count). The molecule has 0 aliphatic heterocycles. The van der Waals surface area contributed by atoms with E-state index in [9.17, 15) is 13.2 Å². The average molecular weight is 291 g/mol. The number of halogens is 3. The Balaban J connectivity index is 2.75. The van der Waals surface area contributed by atoms with Gasteiger partial charge in [-0.2, -0.15) is 13.2 Å². The highest BCUT2D eigenvalue weighted by atomic mass is 19.4. The summed E-state index contributed by atoms with van der Waals surface area (Å²) in [6.07, 6.45) is -4.54. The molecule has 0 bridgehead atoms. The molecule has 2 atom stereocenters. The van der Waals surface area contributed by atoms with Crippen LogP contribution < -0.4 is 5.32 Å². The third kappa shape index (κ3) is 4.77. The van der Waals surface area contributed by atoms with Crippen molar-refractivity contribution in [3.05, 3.63) is 35.4 Å². The first-order valence-electron chi connectivity index (χ1n) is 6.31. The van der Waals surface area contributed by atoms with Crippen LogP contribution in [-0.2, 0) is 15.7 Å². The lowest BCUT2D eigenvalue weighted by molar-refractivity contribution is -0.138. The van der Waals surface area contributed by atoms with E-state index in [0.29, 0.717) is 13.2 Å². The first kappa shape index (κ1) is 16.9. The molecule has 0 aliphatic carbocycles. The summed E-state index contributed by atoms with van der Waals surface area (Å²) >= 11 is 0. The van der Waals surface area contributed by atoms with Crippen molar-refractivity contribution >= 4 is 0 Å². The lowest BCUT2D eigenvalue weighted by Gasteiger charge is -2.22. The number of nitrogens with one attached hydrogen (secondary N) is 1. The van der Waals surface area contributed by atoms with Crippen LogP contribution in [0.1, 0.15) is 24.1 Å². The van der Waals surface area contributed by atoms with Gasteiger partial charge in [0.05, 0.1) is 18.3 Å². The van der Waals surface area contributed by atoms with Crippen molar-refractivity contribution in [2.75, 3.05) is 27.4 Å². The molecule has 1 aromatic carbocycles. The van der Waals surface area contributed by atoms with Gasteiger partial charge < -0.3 is 14.8 Å². The van der Waals surface area contributed by atoms with Gasteiger partial charge >= 0.3 is 6.18 Å². The number of hydrogen-bond donors (Lipinski definition) is 1. The van der Waals surface area contributed by atoms with Crippen molar-refractivity contribution in [3.8, 4) is 0 Å². The van der Waals surface area contributed by atoms with Gasteiger partial charge in [0, 0.05) is 26.8 Å². The summed E-state index contributed by atoms with van der Waals surface area (Å²) in [5.74, 6) is 0. The van der Waals surface area contributed by atoms with E-state index in [-0.39, 0.29) is 11.7 Å². The second-order valence-corrected chi connectivity index (χ2v) is 4.53. The van der Waals surface area contributed by atoms with Crippen LogP contribution in [0.2, 0.25) is 0 Å². The molecule has 0 spiro atoms. The molecule has 0 heterocycles. The standard InChI is InChI=1S/C14H20F3NO2/c1-10(18-8-11(20-3)9-19-2)12-6-4-5-7-13(12)14(15,16)17/h4-7,10-11,18H,8-9H2,1-3H3. The molecule has 0 saturated carbocycles. The number of methoxy groups -OCH3 is 2. The van der Waals surface area contributed by atoms with Crippen LogP contribution in [0.15, 0.2) is 24.3 Å². The fraction of sp³-hybridized carbons (Fsp3) is 0.571. The molecule has 114 valence electrons. The fourth-order valence-corrected chi connectivity index (χ4v) is 1.95. The number of alkyl halides is 3. The maximum absolute atomic E-state index is 12.9. The maximum Gasteiger partial charge on any atom is 0.416 e. The summed E-state index contributed by atoms with van der Waals surface area (Å²) in [6.45, 7) is 2.50. The van der Waals surface area contributed by atoms with E-state index < -0.39 is 17.8 Å². The topological polar surface area (TPSA) is 30.5 Å². The molecule has 6 heteroatoms. The van der Waals surface area contributed by atoms with Gasteiger partial charge in [-0.05, 0) is 18.6 Å². The van der Waals surface area contributed by atoms with Crippen LogP contribution in [0.5, 0.6) is 0 Å². The van der Waals surface area contributed by atoms with E-state index in [1.165, 1.54) is 12.1 Å². The lowest BCUT2D eigenvalue weighted by atomic mass is 10.0. The summed E-state index contributed by atoms with van der Waals surface area (Å²) in [5.41, 5.74) is -0.382. The molecular formula is C14H20F3NO2. The smallest absolute Gasteiger partial charge is 0.382 e. The second kappa shape index (κ2) is 7.61. The first-order valence-corrected chi connectivity index (χ1v) is 6.31. The lowest BCUT2D eigenvalue weighted by Crippen LogP contribution is -2.34. The van der Waals surface area contributed by atoms with Crippen LogP contribution in [-0.4, -0.2) is 33.5 Å². The number of ether oxygens (including phenoxy) is 2. The number of hydrogen-bond acceptors (Lipinski definition) is 3. The summed E-state index contributed by atoms with van der Waals surface area (Å²) in [6, 6.07) is 5.14. The van der Waals surface area contributed by atoms with Crippen molar-refractivity contribution in [1.29, 1.82) is 0 Å². The molecule has 0 aromatic heterocycles. The predicted octanol–water partition coefficient (Wildman–Crippen LogP) is 3.02. The Morgan fingerprint density at radius 3 is 2.40 bits per heavy atom. The van der Waals surface area contributed by atoms with Crippen LogP contribution >= 0.6 is 0 Å². The monoisotopic (exact) mass is 291 g/mol. The van der Waals surface area contributed by atoms with E-state index in [1.807, 2.05) is 0 Å². The van der Waals surface area contributed by atoms with E-state index in [4.69, 9.17) is 9.47 Å². The Bertz CT molecular complexity index is 410. The van der Waals surface area contributed by atoms with Gasteiger partial charge in [0.1, 0.15) is 0 Å². The van der Waals surface area contributed by atoms with Crippen molar-refractivity contribution in [2.45, 2.75) is 25.2 Å². The average Bonchev–Trinajstić information content (AvgIpc) is 2.42. The van der Waals surface area contributed by atoms with E-state index >= 15 is 0 Å². The molecule has 3 nitrogen and oxygen atoms in total. The molecule has 2 unspecified atom stereocenters. The molecule has 1 aromatic rings. The normalized spacial score (nSPS) is 15.1. The zero-order chi connectivity index (χ0) is 15.2. The first-order chi connectivity index (χ1) is 9.40. The molecule has 0 fully saturated rings. The zero-order valence-corrected chi connectivity index (χ0v) is 11.8. The highest BCUT2D eigenvalue weighted by Crippen LogP contribution is 2.34. The predicted molar refractivity (Wildman–Crippen MR) is 70.5 cm³/mol. The second-order valence-electron chi connectivity index (χ2n) is 4.53. The van der Waals surface area contributed by atoms with Crippen LogP contribution in [0, 0.1) is 0 Å². The summed E-state index contributed by atoms with van der Waals surface area (Å²) < 4.78 is 48.9. The van der Waals surface area contributed by atoms with Gasteiger partial charge in [-0.1, -0.05) is 18.2 Å². The van der Waals surface area contributed by atoms with E-state index in [0.717, 1.165) is 6.07 Å². The Labute approximate surface area is 117 Å². The number of rotatable bonds is 7. The fourth-order valence-electron chi connectivity index (χ4n) is 1.95. The van der Waals surface area contributed by atoms with Gasteiger partial charge in [0.2, 0.25) is 0 Å². The summed E-state index contributed by atoms with van der Waals surface area (Å²) in [7, 11) is 3.09. The highest BCUT2D eigenvalue weighted by molar-refractivity contribution is 5.32. The largest absolute Gasteiger partial charge is 0.416 e. The van der Waals surface area contributed by atoms with Gasteiger partial charge in [0.15, 0.2) is 0 Å². The van der Waals surface area contributed by atoms with Crippen molar-refractivity contribution in [3.63, 3.8) is 0 Å². The van der Waals surface area contributed by atoms with Crippen LogP contribution in [0.4, 0.5) is 13.2 Å². The summed E-state index contributed by atoms with van der Waals surface area (Å²) in [4.78, 5) is 0. The zero-order valence-electron chi connectivity index (χ0n) is 11.8. The number of benzene rings is 1. The van der Waals surface area contributed by atoms with Crippen molar-refractivity contribution < 1.29 is 22.6 Å². The van der Waals surface area contributed by atoms with Gasteiger partial charge in [0.25, 0.3) is 0 Å². The molecule has 0 radical (unpaired) electrons. The van der Waals surface area contributed by atoms with Crippen LogP contribution in [0.25, 0.3) is 0 Å². The molecule has 0 saturated heterocycles. The highest BCUT2D eigenvalue weighted by Gasteiger charge is 2.34. The van der Waals surface area contributed by atoms with E-state index in [1.54, 1.807) is 27.2 Å². The van der Waals surface area contributed by atoms with Crippen molar-refractivity contribution in [1.82, 2.24) is 5.32 Å². The molecule has 0 amide bonds. The van der Waals surface area contributed by atoms with E-state index in [2.05, 4.69) is 5.32 Å². The van der Waals surface area contributed by atoms with Gasteiger partial charge in [-0.3, -0.25) is 0 Å². The van der Waals surface area contributed by atoms with Gasteiger partial charge in [-0.15, -0.1) is 0 Å². The Hall–Kier alpha value is -1.11. The molecule has 1 N–H and O–H groups in total. The summed E-state index contributed by atoms with van der Waals surface area (Å²) in [5, 5.41) is 3.04. The Morgan fingerprint density at radius 2 is 1.85 bits per heavy atom. The Morgan fingerprint density at radius 1 is 1.20 bits per heavy atom. The maximum atomic E-state index is 12.9. The molecule has 0 aliphatic rings. The van der Waals surface area contributed by atoms with Crippen LogP contribution in [0.3, 0.4) is 0 Å². The quantitative estimate of drug-likeness (QED) is 0.837.